The van der Waals surface area contributed by atoms with Crippen LogP contribution in [0.25, 0.3) is 0 Å². The fourth-order valence-electron chi connectivity index (χ4n) is 3.77. The Morgan fingerprint density at radius 2 is 1.54 bits per heavy atom. The number of rotatable bonds is 3. The molecule has 0 amide bonds. The van der Waals surface area contributed by atoms with E-state index < -0.39 is 28.1 Å². The van der Waals surface area contributed by atoms with Crippen molar-refractivity contribution in [3.63, 3.8) is 0 Å². The third-order valence-corrected chi connectivity index (χ3v) is 5.59. The van der Waals surface area contributed by atoms with E-state index in [9.17, 15) is 20.4 Å². The molecule has 0 heterocycles. The van der Waals surface area contributed by atoms with Crippen molar-refractivity contribution in [2.75, 3.05) is 14.2 Å². The Hall–Kier alpha value is -1.76. The third kappa shape index (κ3) is 3.49. The first-order valence-electron chi connectivity index (χ1n) is 9.42. The van der Waals surface area contributed by atoms with Crippen molar-refractivity contribution in [1.29, 1.82) is 0 Å². The van der Waals surface area contributed by atoms with Gasteiger partial charge in [0.2, 0.25) is 0 Å². The highest BCUT2D eigenvalue weighted by Crippen LogP contribution is 2.50. The highest BCUT2D eigenvalue weighted by molar-refractivity contribution is 5.48. The van der Waals surface area contributed by atoms with E-state index in [1.807, 2.05) is 41.5 Å². The van der Waals surface area contributed by atoms with Crippen molar-refractivity contribution >= 4 is 0 Å². The summed E-state index contributed by atoms with van der Waals surface area (Å²) in [7, 11) is 2.91. The molecule has 2 aliphatic carbocycles. The summed E-state index contributed by atoms with van der Waals surface area (Å²) in [5, 5.41) is 45.5. The molecular formula is C22H34O6. The van der Waals surface area contributed by atoms with Gasteiger partial charge in [-0.25, -0.2) is 0 Å². The molecule has 0 saturated carbocycles. The number of methoxy groups -OCH3 is 2. The van der Waals surface area contributed by atoms with E-state index in [0.29, 0.717) is 22.7 Å². The molecule has 2 rings (SSSR count). The fourth-order valence-corrected chi connectivity index (χ4v) is 3.77. The lowest BCUT2D eigenvalue weighted by molar-refractivity contribution is -0.170. The summed E-state index contributed by atoms with van der Waals surface area (Å²) in [6.45, 7) is 11.3. The molecule has 6 nitrogen and oxygen atoms in total. The summed E-state index contributed by atoms with van der Waals surface area (Å²) in [6.07, 6.45) is 2.93. The van der Waals surface area contributed by atoms with Gasteiger partial charge in [-0.3, -0.25) is 0 Å². The minimum absolute atomic E-state index is 0.201. The lowest BCUT2D eigenvalue weighted by Crippen LogP contribution is -2.64. The molecule has 2 aliphatic rings. The van der Waals surface area contributed by atoms with Crippen LogP contribution in [0.2, 0.25) is 0 Å². The maximum Gasteiger partial charge on any atom is 0.163 e. The van der Waals surface area contributed by atoms with E-state index in [1.54, 1.807) is 12.2 Å². The molecule has 158 valence electrons. The number of hydrogen-bond donors (Lipinski definition) is 4. The van der Waals surface area contributed by atoms with Crippen LogP contribution in [0.1, 0.15) is 48.0 Å². The predicted octanol–water partition coefficient (Wildman–Crippen LogP) is 3.12. The largest absolute Gasteiger partial charge is 0.509 e. The Bertz CT molecular complexity index is 759. The second-order valence-electron chi connectivity index (χ2n) is 9.69. The molecule has 0 aromatic rings. The number of aliphatic hydroxyl groups excluding tert-OH is 2. The van der Waals surface area contributed by atoms with Gasteiger partial charge in [-0.2, -0.15) is 0 Å². The van der Waals surface area contributed by atoms with Gasteiger partial charge in [0.25, 0.3) is 0 Å². The van der Waals surface area contributed by atoms with Gasteiger partial charge < -0.3 is 29.9 Å². The molecule has 4 N–H and O–H groups in total. The van der Waals surface area contributed by atoms with Crippen molar-refractivity contribution in [2.24, 2.45) is 10.8 Å². The molecule has 3 atom stereocenters. The van der Waals surface area contributed by atoms with E-state index in [0.717, 1.165) is 0 Å². The molecule has 0 aliphatic heterocycles. The van der Waals surface area contributed by atoms with Crippen molar-refractivity contribution in [3.8, 4) is 0 Å². The lowest BCUT2D eigenvalue weighted by Gasteiger charge is -2.50. The molecule has 3 unspecified atom stereocenters. The first-order valence-corrected chi connectivity index (χ1v) is 9.42. The van der Waals surface area contributed by atoms with Gasteiger partial charge in [0.05, 0.1) is 20.0 Å². The minimum atomic E-state index is -2.23. The van der Waals surface area contributed by atoms with Gasteiger partial charge in [0.15, 0.2) is 11.2 Å². The summed E-state index contributed by atoms with van der Waals surface area (Å²) in [6, 6.07) is 0. The van der Waals surface area contributed by atoms with Crippen LogP contribution < -0.4 is 0 Å². The number of aliphatic hydroxyl groups is 4. The molecular weight excluding hydrogens is 360 g/mol. The Morgan fingerprint density at radius 3 is 1.96 bits per heavy atom. The first-order chi connectivity index (χ1) is 12.6. The van der Waals surface area contributed by atoms with Crippen LogP contribution in [-0.2, 0) is 9.47 Å². The molecule has 6 heteroatoms. The standard InChI is InChI=1S/C22H34O6/c1-19(2,3)15-9-13(27-7)11-21(25,17(15)23)22(26)12-14(28-8)10-16(18(22)24)20(4,5)6/h9-11,17,23-26H,12H2,1-8H3. The van der Waals surface area contributed by atoms with E-state index in [1.165, 1.54) is 20.3 Å². The maximum atomic E-state index is 11.7. The van der Waals surface area contributed by atoms with Crippen LogP contribution in [0.15, 0.2) is 46.7 Å². The molecule has 0 aromatic heterocycles. The fraction of sp³-hybridized carbons (Fsp3) is 0.636. The quantitative estimate of drug-likeness (QED) is 0.587. The third-order valence-electron chi connectivity index (χ3n) is 5.59. The summed E-state index contributed by atoms with van der Waals surface area (Å²) >= 11 is 0. The van der Waals surface area contributed by atoms with Crippen LogP contribution >= 0.6 is 0 Å². The van der Waals surface area contributed by atoms with Gasteiger partial charge in [0.1, 0.15) is 17.6 Å². The zero-order valence-electron chi connectivity index (χ0n) is 18.1. The van der Waals surface area contributed by atoms with Gasteiger partial charge in [-0.1, -0.05) is 41.5 Å². The normalized spacial score (nSPS) is 31.8. The predicted molar refractivity (Wildman–Crippen MR) is 107 cm³/mol. The Balaban J connectivity index is 2.76. The van der Waals surface area contributed by atoms with Crippen molar-refractivity contribution in [3.05, 3.63) is 46.7 Å². The van der Waals surface area contributed by atoms with Crippen molar-refractivity contribution in [1.82, 2.24) is 0 Å². The average molecular weight is 395 g/mol. The van der Waals surface area contributed by atoms with Crippen LogP contribution in [0.4, 0.5) is 0 Å². The Kier molecular flexibility index (Phi) is 5.58. The average Bonchev–Trinajstić information content (AvgIpc) is 2.57. The monoisotopic (exact) mass is 394 g/mol. The van der Waals surface area contributed by atoms with Gasteiger partial charge in [0, 0.05) is 12.0 Å². The van der Waals surface area contributed by atoms with E-state index in [-0.39, 0.29) is 12.2 Å². The van der Waals surface area contributed by atoms with E-state index in [4.69, 9.17) is 9.47 Å². The second-order valence-corrected chi connectivity index (χ2v) is 9.69. The van der Waals surface area contributed by atoms with Crippen LogP contribution in [0, 0.1) is 10.8 Å². The molecule has 0 saturated heterocycles. The highest BCUT2D eigenvalue weighted by Gasteiger charge is 2.61. The topological polar surface area (TPSA) is 99.4 Å². The summed E-state index contributed by atoms with van der Waals surface area (Å²) < 4.78 is 10.7. The molecule has 0 bridgehead atoms. The van der Waals surface area contributed by atoms with Gasteiger partial charge in [-0.15, -0.1) is 0 Å². The lowest BCUT2D eigenvalue weighted by atomic mass is 9.63. The summed E-state index contributed by atoms with van der Waals surface area (Å²) in [5.74, 6) is 0.305. The highest BCUT2D eigenvalue weighted by atomic mass is 16.5. The van der Waals surface area contributed by atoms with Crippen LogP contribution in [0.3, 0.4) is 0 Å². The van der Waals surface area contributed by atoms with Crippen molar-refractivity contribution < 1.29 is 29.9 Å². The Morgan fingerprint density at radius 1 is 0.964 bits per heavy atom. The molecule has 0 fully saturated rings. The number of ether oxygens (including phenoxy) is 2. The summed E-state index contributed by atoms with van der Waals surface area (Å²) in [5.41, 5.74) is -4.56. The number of allylic oxidation sites excluding steroid dienone is 3. The van der Waals surface area contributed by atoms with Crippen molar-refractivity contribution in [2.45, 2.75) is 65.3 Å². The van der Waals surface area contributed by atoms with Crippen LogP contribution in [0.5, 0.6) is 0 Å². The van der Waals surface area contributed by atoms with E-state index >= 15 is 0 Å². The molecule has 28 heavy (non-hydrogen) atoms. The van der Waals surface area contributed by atoms with Gasteiger partial charge in [-0.05, 0) is 34.6 Å². The second kappa shape index (κ2) is 6.94. The summed E-state index contributed by atoms with van der Waals surface area (Å²) in [4.78, 5) is 0. The zero-order chi connectivity index (χ0) is 21.7. The zero-order valence-corrected chi connectivity index (χ0v) is 18.1. The van der Waals surface area contributed by atoms with Crippen LogP contribution in [-0.4, -0.2) is 52.0 Å². The smallest absolute Gasteiger partial charge is 0.163 e. The molecule has 0 spiro atoms. The minimum Gasteiger partial charge on any atom is -0.509 e. The SMILES string of the molecule is COC1=CC(O)(C2(O)CC(OC)=CC(C(C)(C)C)=C2O)C(O)C(C(C)(C)C)=C1. The molecule has 0 aromatic carbocycles. The Labute approximate surface area is 167 Å². The van der Waals surface area contributed by atoms with E-state index in [2.05, 4.69) is 0 Å². The first kappa shape index (κ1) is 22.5. The molecule has 0 radical (unpaired) electrons. The van der Waals surface area contributed by atoms with Gasteiger partial charge >= 0.3 is 0 Å². The number of hydrogen-bond acceptors (Lipinski definition) is 6. The maximum absolute atomic E-state index is 11.7.